The zero-order chi connectivity index (χ0) is 45.2. The lowest BCUT2D eigenvalue weighted by Crippen LogP contribution is -2.34. The molecule has 0 aliphatic heterocycles. The molecule has 0 aromatic heterocycles. The fourth-order valence-electron chi connectivity index (χ4n) is 6.16. The number of ether oxygens (including phenoxy) is 1. The van der Waals surface area contributed by atoms with Crippen molar-refractivity contribution in [3.8, 4) is 5.75 Å². The summed E-state index contributed by atoms with van der Waals surface area (Å²) in [6.45, 7) is -1.29. The number of aliphatic hydroxyl groups excluding tert-OH is 4. The maximum Gasteiger partial charge on any atom is 0.238 e. The Labute approximate surface area is 379 Å². The fraction of sp³-hybridized carbons (Fsp3) is 0.368. The molecule has 2 saturated carbocycles. The van der Waals surface area contributed by atoms with Crippen LogP contribution in [0.25, 0.3) is 0 Å². The van der Waals surface area contributed by atoms with Gasteiger partial charge >= 0.3 is 0 Å². The topological polar surface area (TPSA) is 207 Å². The lowest BCUT2D eigenvalue weighted by atomic mass is 10.2. The molecule has 6 rings (SSSR count). The Hall–Kier alpha value is -3.41. The van der Waals surface area contributed by atoms with Crippen LogP contribution in [-0.2, 0) is 20.0 Å². The molecule has 0 spiro atoms. The molecule has 62 heavy (non-hydrogen) atoms. The number of hydrogen-bond donors (Lipinski definition) is 8. The SMILES string of the molecule is C.COc1cc(F)c(F)c(Nc2ccc(I)cc2F)c1NS(=O)(=O)C1(CC(O)CO)CC1.O=S(=O)(Nc1c(F)cc(F)c(F)c1Nc1ccc(I)cc1F)C1(CC(O)CO)CC1. The van der Waals surface area contributed by atoms with Crippen molar-refractivity contribution >= 4 is 99.4 Å². The van der Waals surface area contributed by atoms with Crippen LogP contribution in [-0.4, -0.2) is 79.3 Å². The number of hydrogen-bond acceptors (Lipinski definition) is 11. The van der Waals surface area contributed by atoms with Crippen molar-refractivity contribution in [3.63, 3.8) is 0 Å². The Morgan fingerprint density at radius 2 is 1.00 bits per heavy atom. The molecule has 24 heteroatoms. The largest absolute Gasteiger partial charge is 0.494 e. The summed E-state index contributed by atoms with van der Waals surface area (Å²) in [5.74, 6) is -9.30. The van der Waals surface area contributed by atoms with E-state index in [0.717, 1.165) is 19.2 Å². The van der Waals surface area contributed by atoms with Crippen LogP contribution < -0.4 is 24.8 Å². The highest BCUT2D eigenvalue weighted by Gasteiger charge is 2.57. The zero-order valence-corrected chi connectivity index (χ0v) is 37.4. The van der Waals surface area contributed by atoms with E-state index in [2.05, 4.69) is 15.4 Å². The molecule has 0 radical (unpaired) electrons. The Balaban J connectivity index is 0.000000268. The first-order valence-electron chi connectivity index (χ1n) is 17.8. The van der Waals surface area contributed by atoms with Gasteiger partial charge in [-0.1, -0.05) is 7.43 Å². The van der Waals surface area contributed by atoms with Crippen LogP contribution in [0.3, 0.4) is 0 Å². The summed E-state index contributed by atoms with van der Waals surface area (Å²) >= 11 is 3.71. The molecule has 0 bridgehead atoms. The summed E-state index contributed by atoms with van der Waals surface area (Å²) in [7, 11) is -7.46. The van der Waals surface area contributed by atoms with E-state index in [-0.39, 0.29) is 69.1 Å². The van der Waals surface area contributed by atoms with E-state index in [1.165, 1.54) is 24.3 Å². The van der Waals surface area contributed by atoms with Crippen LogP contribution in [0.5, 0.6) is 5.75 Å². The number of rotatable bonds is 17. The van der Waals surface area contributed by atoms with Gasteiger partial charge in [0, 0.05) is 19.3 Å². The molecule has 2 unspecified atom stereocenters. The molecular formula is C38H41F7I2N4O9S2. The van der Waals surface area contributed by atoms with E-state index in [4.69, 9.17) is 14.9 Å². The van der Waals surface area contributed by atoms with Crippen molar-refractivity contribution in [3.05, 3.63) is 96.4 Å². The Morgan fingerprint density at radius 3 is 1.37 bits per heavy atom. The standard InChI is InChI=1S/C19H20F3IN2O5S.C18H17F4IN2O4S.CH4/c1-30-15-7-13(21)16(22)18(24-14-3-2-10(23)6-12(14)20)17(15)25-31(28,29)19(4-5-19)8-11(27)9-26;19-11-5-9(23)1-2-14(11)24-17-15(22)12(20)6-13(21)16(17)25-30(28,29)18(3-4-18)7-10(27)8-26;/h2-3,6-7,11,24-27H,4-5,8-9H2,1H3;1-2,5-6,10,24-27H,3-4,7-8H2;1H4. The average Bonchev–Trinajstić information content (AvgIpc) is 4.14. The van der Waals surface area contributed by atoms with Gasteiger partial charge in [0.25, 0.3) is 0 Å². The number of nitrogens with one attached hydrogen (secondary N) is 4. The molecular weight excluding hydrogens is 1110 g/mol. The van der Waals surface area contributed by atoms with Gasteiger partial charge in [-0.15, -0.1) is 0 Å². The first kappa shape index (κ1) is 51.2. The van der Waals surface area contributed by atoms with E-state index in [0.29, 0.717) is 13.2 Å². The van der Waals surface area contributed by atoms with Crippen LogP contribution in [0.15, 0.2) is 48.5 Å². The van der Waals surface area contributed by atoms with Crippen LogP contribution in [0.2, 0.25) is 0 Å². The van der Waals surface area contributed by atoms with Crippen molar-refractivity contribution in [2.24, 2.45) is 0 Å². The molecule has 2 aliphatic rings. The average molecular weight is 1150 g/mol. The quantitative estimate of drug-likeness (QED) is 0.0292. The van der Waals surface area contributed by atoms with Crippen LogP contribution >= 0.6 is 45.2 Å². The first-order valence-corrected chi connectivity index (χ1v) is 23.0. The van der Waals surface area contributed by atoms with E-state index in [9.17, 15) is 57.8 Å². The summed E-state index contributed by atoms with van der Waals surface area (Å²) in [4.78, 5) is 0. The van der Waals surface area contributed by atoms with Gasteiger partial charge in [0.1, 0.15) is 40.1 Å². The predicted molar refractivity (Wildman–Crippen MR) is 235 cm³/mol. The predicted octanol–water partition coefficient (Wildman–Crippen LogP) is 7.72. The minimum Gasteiger partial charge on any atom is -0.494 e. The van der Waals surface area contributed by atoms with Gasteiger partial charge in [-0.05, 0) is 120 Å². The number of methoxy groups -OCH3 is 1. The van der Waals surface area contributed by atoms with Gasteiger partial charge < -0.3 is 35.8 Å². The minimum atomic E-state index is -4.38. The van der Waals surface area contributed by atoms with Gasteiger partial charge in [-0.3, -0.25) is 9.44 Å². The summed E-state index contributed by atoms with van der Waals surface area (Å²) in [5, 5.41) is 42.0. The first-order chi connectivity index (χ1) is 28.5. The highest BCUT2D eigenvalue weighted by atomic mass is 127. The second kappa shape index (κ2) is 20.2. The Morgan fingerprint density at radius 1 is 0.613 bits per heavy atom. The van der Waals surface area contributed by atoms with Crippen LogP contribution in [0.1, 0.15) is 46.0 Å². The second-order valence-electron chi connectivity index (χ2n) is 14.2. The van der Waals surface area contributed by atoms with Gasteiger partial charge in [0.2, 0.25) is 20.0 Å². The van der Waals surface area contributed by atoms with Crippen molar-refractivity contribution in [2.45, 2.75) is 67.7 Å². The normalized spacial score (nSPS) is 15.8. The number of benzene rings is 4. The minimum absolute atomic E-state index is 0. The van der Waals surface area contributed by atoms with Gasteiger partial charge in [-0.2, -0.15) is 0 Å². The Kier molecular flexibility index (Phi) is 16.7. The number of halogens is 9. The molecule has 342 valence electrons. The van der Waals surface area contributed by atoms with Crippen LogP contribution in [0.4, 0.5) is 64.9 Å². The third-order valence-corrected chi connectivity index (χ3v) is 15.5. The molecule has 0 heterocycles. The van der Waals surface area contributed by atoms with Crippen molar-refractivity contribution in [1.82, 2.24) is 0 Å². The maximum atomic E-state index is 14.7. The van der Waals surface area contributed by atoms with Gasteiger partial charge in [0.15, 0.2) is 29.1 Å². The van der Waals surface area contributed by atoms with E-state index < -0.39 is 118 Å². The third-order valence-electron chi connectivity index (χ3n) is 9.82. The van der Waals surface area contributed by atoms with Crippen molar-refractivity contribution in [1.29, 1.82) is 0 Å². The van der Waals surface area contributed by atoms with Crippen LogP contribution in [0, 0.1) is 47.9 Å². The fourth-order valence-corrected chi connectivity index (χ4v) is 10.5. The van der Waals surface area contributed by atoms with E-state index in [1.54, 1.807) is 0 Å². The monoisotopic (exact) mass is 1150 g/mol. The molecule has 2 fully saturated rings. The maximum absolute atomic E-state index is 14.7. The van der Waals surface area contributed by atoms with Gasteiger partial charge in [0.05, 0.1) is 53.4 Å². The third kappa shape index (κ3) is 11.3. The molecule has 4 aromatic carbocycles. The highest BCUT2D eigenvalue weighted by molar-refractivity contribution is 14.1. The van der Waals surface area contributed by atoms with Gasteiger partial charge in [-0.25, -0.2) is 47.6 Å². The van der Waals surface area contributed by atoms with Crippen molar-refractivity contribution in [2.75, 3.05) is 40.4 Å². The molecule has 0 saturated heterocycles. The number of sulfonamides is 2. The molecule has 0 amide bonds. The molecule has 2 atom stereocenters. The molecule has 13 nitrogen and oxygen atoms in total. The van der Waals surface area contributed by atoms with E-state index in [1.807, 2.05) is 49.9 Å². The summed E-state index contributed by atoms with van der Waals surface area (Å²) in [6, 6.07) is 8.59. The smallest absolute Gasteiger partial charge is 0.238 e. The lowest BCUT2D eigenvalue weighted by Gasteiger charge is -2.23. The molecule has 8 N–H and O–H groups in total. The second-order valence-corrected chi connectivity index (χ2v) is 20.8. The molecule has 4 aromatic rings. The summed E-state index contributed by atoms with van der Waals surface area (Å²) < 4.78 is 159. The molecule has 2 aliphatic carbocycles. The summed E-state index contributed by atoms with van der Waals surface area (Å²) in [6.07, 6.45) is -2.47. The highest BCUT2D eigenvalue weighted by Crippen LogP contribution is 2.51. The lowest BCUT2D eigenvalue weighted by molar-refractivity contribution is 0.0858. The van der Waals surface area contributed by atoms with Crippen molar-refractivity contribution < 1.29 is 72.7 Å². The Bertz CT molecular complexity index is 2520. The summed E-state index contributed by atoms with van der Waals surface area (Å²) in [5.41, 5.74) is -3.46. The number of anilines is 6. The number of aliphatic hydroxyl groups is 4. The zero-order valence-electron chi connectivity index (χ0n) is 31.5. The van der Waals surface area contributed by atoms with E-state index >= 15 is 0 Å².